The van der Waals surface area contributed by atoms with E-state index in [1.165, 1.54) is 43.5 Å². The Labute approximate surface area is 160 Å². The van der Waals surface area contributed by atoms with E-state index in [2.05, 4.69) is 6.92 Å². The van der Waals surface area contributed by atoms with Gasteiger partial charge in [0.15, 0.2) is 17.5 Å². The first-order valence-corrected chi connectivity index (χ1v) is 12.4. The summed E-state index contributed by atoms with van der Waals surface area (Å²) in [5, 5.41) is 0. The Morgan fingerprint density at radius 1 is 0.889 bits per heavy atom. The van der Waals surface area contributed by atoms with E-state index in [1.54, 1.807) is 6.07 Å². The normalized spacial score (nSPS) is 20.0. The zero-order valence-electron chi connectivity index (χ0n) is 15.7. The molecule has 0 N–H and O–H groups in total. The maximum atomic E-state index is 14.6. The van der Waals surface area contributed by atoms with Crippen molar-refractivity contribution in [1.82, 2.24) is 0 Å². The Morgan fingerprint density at radius 3 is 2.15 bits per heavy atom. The largest absolute Gasteiger partial charge is 0.206 e. The number of hydrogen-bond donors (Lipinski definition) is 0. The van der Waals surface area contributed by atoms with Crippen molar-refractivity contribution in [1.29, 1.82) is 0 Å². The molecule has 0 aromatic heterocycles. The fourth-order valence-electron chi connectivity index (χ4n) is 4.20. The molecule has 0 aliphatic carbocycles. The van der Waals surface area contributed by atoms with E-state index in [0.29, 0.717) is 5.92 Å². The maximum Gasteiger partial charge on any atom is 0.194 e. The van der Waals surface area contributed by atoms with E-state index in [-0.39, 0.29) is 11.1 Å². The van der Waals surface area contributed by atoms with Gasteiger partial charge in [-0.25, -0.2) is 17.6 Å². The first-order chi connectivity index (χ1) is 13.0. The molecule has 1 heterocycles. The van der Waals surface area contributed by atoms with Crippen LogP contribution in [0.15, 0.2) is 30.3 Å². The van der Waals surface area contributed by atoms with Crippen LogP contribution in [-0.2, 0) is 0 Å². The summed E-state index contributed by atoms with van der Waals surface area (Å²) in [6.45, 7) is 2.23. The quantitative estimate of drug-likeness (QED) is 0.210. The first-order valence-electron chi connectivity index (χ1n) is 9.94. The van der Waals surface area contributed by atoms with Crippen LogP contribution < -0.4 is 0 Å². The van der Waals surface area contributed by atoms with Crippen LogP contribution in [0.5, 0.6) is 0 Å². The molecule has 27 heavy (non-hydrogen) atoms. The van der Waals surface area contributed by atoms with E-state index in [0.717, 1.165) is 30.5 Å². The van der Waals surface area contributed by atoms with Gasteiger partial charge in [-0.2, -0.15) is 0 Å². The lowest BCUT2D eigenvalue weighted by Crippen LogP contribution is -2.20. The van der Waals surface area contributed by atoms with Gasteiger partial charge in [0.2, 0.25) is 0 Å². The zero-order chi connectivity index (χ0) is 19.4. The highest BCUT2D eigenvalue weighted by Gasteiger charge is 2.24. The van der Waals surface area contributed by atoms with Gasteiger partial charge < -0.3 is 0 Å². The van der Waals surface area contributed by atoms with Crippen LogP contribution >= 0.6 is 0 Å². The van der Waals surface area contributed by atoms with E-state index in [1.807, 2.05) is 6.07 Å². The molecule has 0 nitrogen and oxygen atoms in total. The molecule has 1 aliphatic rings. The van der Waals surface area contributed by atoms with Crippen molar-refractivity contribution >= 4 is 8.80 Å². The predicted octanol–water partition coefficient (Wildman–Crippen LogP) is 7.20. The van der Waals surface area contributed by atoms with Gasteiger partial charge in [-0.15, -0.1) is 0 Å². The zero-order valence-corrected chi connectivity index (χ0v) is 16.9. The third-order valence-electron chi connectivity index (χ3n) is 5.82. The van der Waals surface area contributed by atoms with Crippen LogP contribution in [0, 0.1) is 23.3 Å². The summed E-state index contributed by atoms with van der Waals surface area (Å²) in [6.07, 6.45) is 6.16. The van der Waals surface area contributed by atoms with Crippen LogP contribution in [-0.4, -0.2) is 8.80 Å². The second-order valence-electron chi connectivity index (χ2n) is 7.71. The topological polar surface area (TPSA) is 0 Å². The van der Waals surface area contributed by atoms with E-state index >= 15 is 0 Å². The molecule has 0 atom stereocenters. The smallest absolute Gasteiger partial charge is 0.194 e. The Balaban J connectivity index is 1.69. The minimum Gasteiger partial charge on any atom is -0.206 e. The lowest BCUT2D eigenvalue weighted by molar-refractivity contribution is 0.447. The number of rotatable bonds is 6. The minimum absolute atomic E-state index is 0.0162. The van der Waals surface area contributed by atoms with Crippen LogP contribution in [0.2, 0.25) is 18.1 Å². The van der Waals surface area contributed by atoms with Crippen molar-refractivity contribution < 1.29 is 17.6 Å². The van der Waals surface area contributed by atoms with Crippen molar-refractivity contribution in [3.8, 4) is 11.1 Å². The molecule has 5 heteroatoms. The fourth-order valence-corrected chi connectivity index (χ4v) is 7.68. The van der Waals surface area contributed by atoms with Crippen molar-refractivity contribution in [2.75, 3.05) is 0 Å². The summed E-state index contributed by atoms with van der Waals surface area (Å²) in [4.78, 5) is 0. The third kappa shape index (κ3) is 4.81. The molecule has 0 amide bonds. The minimum atomic E-state index is -1.53. The van der Waals surface area contributed by atoms with Gasteiger partial charge in [-0.1, -0.05) is 56.5 Å². The summed E-state index contributed by atoms with van der Waals surface area (Å²) in [5.41, 5.74) is 1.07. The molecule has 1 saturated heterocycles. The summed E-state index contributed by atoms with van der Waals surface area (Å²) in [7, 11) is -0.620. The number of benzene rings is 2. The molecule has 1 fully saturated rings. The summed E-state index contributed by atoms with van der Waals surface area (Å²) in [5.74, 6) is -4.29. The lowest BCUT2D eigenvalue weighted by atomic mass is 9.91. The van der Waals surface area contributed by atoms with Crippen molar-refractivity contribution in [3.05, 3.63) is 59.2 Å². The maximum absolute atomic E-state index is 14.6. The summed E-state index contributed by atoms with van der Waals surface area (Å²) in [6, 6.07) is 10.6. The second-order valence-corrected chi connectivity index (χ2v) is 11.2. The van der Waals surface area contributed by atoms with Gasteiger partial charge in [0, 0.05) is 14.4 Å². The second kappa shape index (κ2) is 9.05. The number of hydrogen-bond acceptors (Lipinski definition) is 0. The molecule has 0 radical (unpaired) electrons. The summed E-state index contributed by atoms with van der Waals surface area (Å²) >= 11 is 0. The molecular weight excluding hydrogens is 368 g/mol. The van der Waals surface area contributed by atoms with Crippen molar-refractivity contribution in [3.63, 3.8) is 0 Å². The molecule has 146 valence electrons. The number of halogens is 4. The molecule has 0 saturated carbocycles. The Morgan fingerprint density at radius 2 is 1.56 bits per heavy atom. The average molecular weight is 395 g/mol. The lowest BCUT2D eigenvalue weighted by Gasteiger charge is -2.28. The highest BCUT2D eigenvalue weighted by atomic mass is 28.3. The monoisotopic (exact) mass is 394 g/mol. The Kier molecular flexibility index (Phi) is 6.74. The molecule has 1 aliphatic heterocycles. The SMILES string of the molecule is CCCCC[Si@H]1CC[C@H](c2ccc(-c3cc(F)c(F)c(F)c3)c(F)c2)CC1. The Bertz CT molecular complexity index is 759. The molecule has 2 aromatic rings. The molecule has 2 aromatic carbocycles. The molecule has 0 unspecified atom stereocenters. The molecule has 0 bridgehead atoms. The first kappa shape index (κ1) is 20.1. The summed E-state index contributed by atoms with van der Waals surface area (Å²) < 4.78 is 54.6. The van der Waals surface area contributed by atoms with Gasteiger partial charge in [-0.05, 0) is 48.1 Å². The van der Waals surface area contributed by atoms with E-state index in [4.69, 9.17) is 0 Å². The van der Waals surface area contributed by atoms with Crippen LogP contribution in [0.1, 0.15) is 50.5 Å². The highest BCUT2D eigenvalue weighted by Crippen LogP contribution is 2.37. The molecule has 0 spiro atoms. The van der Waals surface area contributed by atoms with Crippen molar-refractivity contribution in [2.45, 2.75) is 63.1 Å². The van der Waals surface area contributed by atoms with Crippen molar-refractivity contribution in [2.24, 2.45) is 0 Å². The van der Waals surface area contributed by atoms with Gasteiger partial charge in [0.05, 0.1) is 0 Å². The fraction of sp³-hybridized carbons (Fsp3) is 0.455. The van der Waals surface area contributed by atoms with Gasteiger partial charge in [-0.3, -0.25) is 0 Å². The van der Waals surface area contributed by atoms with Crippen LogP contribution in [0.4, 0.5) is 17.6 Å². The van der Waals surface area contributed by atoms with E-state index in [9.17, 15) is 17.6 Å². The predicted molar refractivity (Wildman–Crippen MR) is 105 cm³/mol. The van der Waals surface area contributed by atoms with Crippen LogP contribution in [0.25, 0.3) is 11.1 Å². The average Bonchev–Trinajstić information content (AvgIpc) is 2.66. The van der Waals surface area contributed by atoms with Gasteiger partial charge in [0.1, 0.15) is 5.82 Å². The molecular formula is C22H26F4Si. The molecule has 3 rings (SSSR count). The van der Waals surface area contributed by atoms with E-state index < -0.39 is 32.1 Å². The van der Waals surface area contributed by atoms with Gasteiger partial charge >= 0.3 is 0 Å². The van der Waals surface area contributed by atoms with Gasteiger partial charge in [0.25, 0.3) is 0 Å². The Hall–Kier alpha value is -1.62. The number of unbranched alkanes of at least 4 members (excludes halogenated alkanes) is 2. The standard InChI is InChI=1S/C22H26F4Si/c1-2-3-4-9-27-10-7-15(8-11-27)16-5-6-18(19(23)12-16)17-13-20(24)22(26)21(25)14-17/h5-6,12-15,27H,2-4,7-11H2,1H3/t15-,27-. The third-order valence-corrected chi connectivity index (χ3v) is 9.35. The van der Waals surface area contributed by atoms with Crippen LogP contribution in [0.3, 0.4) is 0 Å². The highest BCUT2D eigenvalue weighted by molar-refractivity contribution is 6.59.